The molecule has 0 aromatic heterocycles. The molecule has 4 nitrogen and oxygen atoms in total. The Hall–Kier alpha value is -2.66. The second-order valence-corrected chi connectivity index (χ2v) is 6.25. The van der Waals surface area contributed by atoms with Crippen molar-refractivity contribution in [3.8, 4) is 0 Å². The van der Waals surface area contributed by atoms with Gasteiger partial charge in [-0.1, -0.05) is 35.9 Å². The second-order valence-electron chi connectivity index (χ2n) is 5.84. The van der Waals surface area contributed by atoms with Gasteiger partial charge in [0, 0.05) is 11.8 Å². The third kappa shape index (κ3) is 5.17. The molecule has 0 spiro atoms. The molecular weight excluding hydrogens is 357 g/mol. The Bertz CT molecular complexity index is 844. The Morgan fingerprint density at radius 3 is 2.46 bits per heavy atom. The van der Waals surface area contributed by atoms with Crippen LogP contribution in [-0.2, 0) is 14.3 Å². The molecular formula is C20H19ClFNO3. The molecule has 0 bridgehead atoms. The van der Waals surface area contributed by atoms with Crippen LogP contribution >= 0.6 is 11.6 Å². The highest BCUT2D eigenvalue weighted by Crippen LogP contribution is 2.20. The average Bonchev–Trinajstić information content (AvgIpc) is 2.59. The van der Waals surface area contributed by atoms with Crippen molar-refractivity contribution in [2.45, 2.75) is 26.9 Å². The minimum Gasteiger partial charge on any atom is -0.449 e. The number of rotatable bonds is 5. The molecule has 0 fully saturated rings. The average molecular weight is 376 g/mol. The predicted octanol–water partition coefficient (Wildman–Crippen LogP) is 4.68. The van der Waals surface area contributed by atoms with Crippen molar-refractivity contribution in [3.63, 3.8) is 0 Å². The number of nitrogens with one attached hydrogen (secondary N) is 1. The molecule has 6 heteroatoms. The molecule has 0 heterocycles. The van der Waals surface area contributed by atoms with Crippen LogP contribution in [0.5, 0.6) is 0 Å². The van der Waals surface area contributed by atoms with Crippen molar-refractivity contribution < 1.29 is 18.7 Å². The van der Waals surface area contributed by atoms with Gasteiger partial charge in [0.25, 0.3) is 5.91 Å². The van der Waals surface area contributed by atoms with Gasteiger partial charge in [-0.25, -0.2) is 9.18 Å². The molecule has 0 aliphatic carbocycles. The van der Waals surface area contributed by atoms with E-state index in [1.165, 1.54) is 31.2 Å². The van der Waals surface area contributed by atoms with E-state index >= 15 is 0 Å². The molecule has 26 heavy (non-hydrogen) atoms. The highest BCUT2D eigenvalue weighted by Gasteiger charge is 2.18. The van der Waals surface area contributed by atoms with Gasteiger partial charge in [-0.05, 0) is 55.7 Å². The van der Waals surface area contributed by atoms with Crippen molar-refractivity contribution in [3.05, 3.63) is 70.0 Å². The summed E-state index contributed by atoms with van der Waals surface area (Å²) >= 11 is 5.68. The van der Waals surface area contributed by atoms with E-state index in [1.807, 2.05) is 32.0 Å². The standard InChI is InChI=1S/C20H19ClFNO3/c1-12-5-4-6-13(2)19(12)23-20(25)14(3)26-18(24)10-8-15-7-9-17(22)16(21)11-15/h4-11,14H,1-3H3,(H,23,25)/b10-8+/t14-/m1/s1. The van der Waals surface area contributed by atoms with Gasteiger partial charge in [0.05, 0.1) is 5.02 Å². The van der Waals surface area contributed by atoms with E-state index < -0.39 is 23.8 Å². The number of esters is 1. The van der Waals surface area contributed by atoms with Crippen LogP contribution < -0.4 is 5.32 Å². The van der Waals surface area contributed by atoms with E-state index in [1.54, 1.807) is 0 Å². The molecule has 136 valence electrons. The molecule has 1 amide bonds. The Kier molecular flexibility index (Phi) is 6.52. The molecule has 1 N–H and O–H groups in total. The highest BCUT2D eigenvalue weighted by atomic mass is 35.5. The molecule has 0 saturated heterocycles. The van der Waals surface area contributed by atoms with Gasteiger partial charge in [-0.15, -0.1) is 0 Å². The van der Waals surface area contributed by atoms with E-state index in [9.17, 15) is 14.0 Å². The lowest BCUT2D eigenvalue weighted by atomic mass is 10.1. The van der Waals surface area contributed by atoms with E-state index in [-0.39, 0.29) is 5.02 Å². The molecule has 2 aromatic carbocycles. The number of amides is 1. The van der Waals surface area contributed by atoms with E-state index in [0.29, 0.717) is 11.3 Å². The van der Waals surface area contributed by atoms with Crippen LogP contribution in [0.3, 0.4) is 0 Å². The van der Waals surface area contributed by atoms with Crippen molar-refractivity contribution in [2.24, 2.45) is 0 Å². The number of para-hydroxylation sites is 1. The summed E-state index contributed by atoms with van der Waals surface area (Å²) in [5, 5.41) is 2.73. The number of anilines is 1. The zero-order valence-corrected chi connectivity index (χ0v) is 15.4. The molecule has 0 aliphatic rings. The van der Waals surface area contributed by atoms with E-state index in [2.05, 4.69) is 5.32 Å². The fourth-order valence-electron chi connectivity index (χ4n) is 2.28. The number of benzene rings is 2. The van der Waals surface area contributed by atoms with Crippen LogP contribution in [0.1, 0.15) is 23.6 Å². The first-order valence-electron chi connectivity index (χ1n) is 7.98. The molecule has 0 unspecified atom stereocenters. The third-order valence-corrected chi connectivity index (χ3v) is 4.04. The van der Waals surface area contributed by atoms with Crippen molar-refractivity contribution >= 4 is 35.2 Å². The SMILES string of the molecule is Cc1cccc(C)c1NC(=O)[C@@H](C)OC(=O)/C=C/c1ccc(F)c(Cl)c1. The second kappa shape index (κ2) is 8.63. The topological polar surface area (TPSA) is 55.4 Å². The van der Waals surface area contributed by atoms with Crippen LogP contribution in [0.4, 0.5) is 10.1 Å². The first-order valence-corrected chi connectivity index (χ1v) is 8.36. The van der Waals surface area contributed by atoms with Crippen LogP contribution in [0.15, 0.2) is 42.5 Å². The first kappa shape index (κ1) is 19.7. The summed E-state index contributed by atoms with van der Waals surface area (Å²) < 4.78 is 18.2. The van der Waals surface area contributed by atoms with Crippen LogP contribution in [-0.4, -0.2) is 18.0 Å². The largest absolute Gasteiger partial charge is 0.449 e. The Morgan fingerprint density at radius 2 is 1.85 bits per heavy atom. The summed E-state index contributed by atoms with van der Waals surface area (Å²) in [7, 11) is 0. The maximum absolute atomic E-state index is 13.1. The third-order valence-electron chi connectivity index (χ3n) is 3.75. The molecule has 0 radical (unpaired) electrons. The van der Waals surface area contributed by atoms with Crippen molar-refractivity contribution in [1.82, 2.24) is 0 Å². The van der Waals surface area contributed by atoms with Crippen LogP contribution in [0.25, 0.3) is 6.08 Å². The predicted molar refractivity (Wildman–Crippen MR) is 101 cm³/mol. The number of aryl methyl sites for hydroxylation is 2. The maximum Gasteiger partial charge on any atom is 0.331 e. The fraction of sp³-hybridized carbons (Fsp3) is 0.200. The number of hydrogen-bond acceptors (Lipinski definition) is 3. The van der Waals surface area contributed by atoms with Crippen LogP contribution in [0, 0.1) is 19.7 Å². The van der Waals surface area contributed by atoms with Crippen molar-refractivity contribution in [1.29, 1.82) is 0 Å². The van der Waals surface area contributed by atoms with Gasteiger partial charge in [-0.3, -0.25) is 4.79 Å². The quantitative estimate of drug-likeness (QED) is 0.609. The zero-order chi connectivity index (χ0) is 19.3. The van der Waals surface area contributed by atoms with Gasteiger partial charge < -0.3 is 10.1 Å². The smallest absolute Gasteiger partial charge is 0.331 e. The molecule has 0 saturated carbocycles. The zero-order valence-electron chi connectivity index (χ0n) is 14.7. The van der Waals surface area contributed by atoms with Crippen molar-refractivity contribution in [2.75, 3.05) is 5.32 Å². The van der Waals surface area contributed by atoms with Gasteiger partial charge in [0.2, 0.25) is 0 Å². The first-order chi connectivity index (χ1) is 12.3. The van der Waals surface area contributed by atoms with Gasteiger partial charge >= 0.3 is 5.97 Å². The summed E-state index contributed by atoms with van der Waals surface area (Å²) in [6, 6.07) is 9.73. The maximum atomic E-state index is 13.1. The number of ether oxygens (including phenoxy) is 1. The number of carbonyl (C=O) groups excluding carboxylic acids is 2. The minimum atomic E-state index is -0.969. The molecule has 0 aliphatic heterocycles. The summed E-state index contributed by atoms with van der Waals surface area (Å²) in [6.45, 7) is 5.26. The van der Waals surface area contributed by atoms with Gasteiger partial charge in [0.1, 0.15) is 5.82 Å². The summed E-state index contributed by atoms with van der Waals surface area (Å²) in [5.41, 5.74) is 3.09. The number of halogens is 2. The van der Waals surface area contributed by atoms with E-state index in [0.717, 1.165) is 17.2 Å². The lowest BCUT2D eigenvalue weighted by Crippen LogP contribution is -2.30. The van der Waals surface area contributed by atoms with Gasteiger partial charge in [0.15, 0.2) is 6.10 Å². The fourth-order valence-corrected chi connectivity index (χ4v) is 2.47. The van der Waals surface area contributed by atoms with Gasteiger partial charge in [-0.2, -0.15) is 0 Å². The molecule has 2 rings (SSSR count). The minimum absolute atomic E-state index is 0.0399. The normalized spacial score (nSPS) is 12.0. The Balaban J connectivity index is 1.96. The number of carbonyl (C=O) groups is 2. The Labute approximate surface area is 156 Å². The highest BCUT2D eigenvalue weighted by molar-refractivity contribution is 6.30. The monoisotopic (exact) mass is 375 g/mol. The van der Waals surface area contributed by atoms with Crippen LogP contribution in [0.2, 0.25) is 5.02 Å². The van der Waals surface area contributed by atoms with E-state index in [4.69, 9.17) is 16.3 Å². The number of hydrogen-bond donors (Lipinski definition) is 1. The summed E-state index contributed by atoms with van der Waals surface area (Å²) in [4.78, 5) is 24.1. The Morgan fingerprint density at radius 1 is 1.19 bits per heavy atom. The molecule has 1 atom stereocenters. The summed E-state index contributed by atoms with van der Waals surface area (Å²) in [5.74, 6) is -1.65. The summed E-state index contributed by atoms with van der Waals surface area (Å²) in [6.07, 6.45) is 1.62. The lowest BCUT2D eigenvalue weighted by molar-refractivity contribution is -0.148. The molecule has 2 aromatic rings. The lowest BCUT2D eigenvalue weighted by Gasteiger charge is -2.15.